The van der Waals surface area contributed by atoms with Gasteiger partial charge in [0, 0.05) is 0 Å². The van der Waals surface area contributed by atoms with Crippen molar-refractivity contribution in [1.82, 2.24) is 4.48 Å². The van der Waals surface area contributed by atoms with Crippen LogP contribution in [0.3, 0.4) is 0 Å². The lowest BCUT2D eigenvalue weighted by Crippen LogP contribution is -2.54. The van der Waals surface area contributed by atoms with Gasteiger partial charge in [-0.05, 0) is 12.1 Å². The average Bonchev–Trinajstić information content (AvgIpc) is 2.31. The molecule has 0 saturated carbocycles. The molecule has 4 nitrogen and oxygen atoms in total. The monoisotopic (exact) mass is 226 g/mol. The second kappa shape index (κ2) is 6.60. The number of nitrogens with zero attached hydrogens (tertiary/aromatic N) is 1. The van der Waals surface area contributed by atoms with E-state index in [1.807, 2.05) is 30.3 Å². The molecular weight excluding hydrogens is 206 g/mol. The third-order valence-corrected chi connectivity index (χ3v) is 2.89. The quantitative estimate of drug-likeness (QED) is 0.572. The molecule has 0 aliphatic heterocycles. The first-order valence-electron chi connectivity index (χ1n) is 5.53. The van der Waals surface area contributed by atoms with Gasteiger partial charge in [0.05, 0.1) is 19.8 Å². The highest BCUT2D eigenvalue weighted by Crippen LogP contribution is 2.21. The highest BCUT2D eigenvalue weighted by Gasteiger charge is 2.28. The Kier molecular flexibility index (Phi) is 5.42. The van der Waals surface area contributed by atoms with E-state index >= 15 is 0 Å². The number of rotatable bonds is 7. The predicted octanol–water partition coefficient (Wildman–Crippen LogP) is -0.0292. The highest BCUT2D eigenvalue weighted by molar-refractivity contribution is 5.42. The number of hydrogen-bond acceptors (Lipinski definition) is 3. The number of hydrogen-bond donors (Lipinski definition) is 3. The summed E-state index contributed by atoms with van der Waals surface area (Å²) in [6.45, 7) is 1.63. The third-order valence-electron chi connectivity index (χ3n) is 2.89. The minimum Gasteiger partial charge on any atom is -0.390 e. The van der Waals surface area contributed by atoms with Crippen molar-refractivity contribution < 1.29 is 15.3 Å². The smallest absolute Gasteiger partial charge is 0.133 e. The van der Waals surface area contributed by atoms with Crippen molar-refractivity contribution in [1.29, 1.82) is 0 Å². The predicted molar refractivity (Wildman–Crippen MR) is 64.1 cm³/mol. The first-order chi connectivity index (χ1) is 7.79. The van der Waals surface area contributed by atoms with Gasteiger partial charge in [-0.2, -0.15) is 0 Å². The molecule has 0 aliphatic carbocycles. The summed E-state index contributed by atoms with van der Waals surface area (Å²) in [5, 5.41) is 27.4. The van der Waals surface area contributed by atoms with Crippen LogP contribution in [0.1, 0.15) is 0 Å². The number of quaternary nitrogens is 1. The Morgan fingerprint density at radius 3 is 1.56 bits per heavy atom. The minimum absolute atomic E-state index is 0.0366. The van der Waals surface area contributed by atoms with Crippen LogP contribution in [-0.4, -0.2) is 54.8 Å². The third kappa shape index (κ3) is 3.02. The van der Waals surface area contributed by atoms with E-state index in [1.54, 1.807) is 0 Å². The van der Waals surface area contributed by atoms with E-state index in [9.17, 15) is 0 Å². The van der Waals surface area contributed by atoms with Gasteiger partial charge in [0.15, 0.2) is 0 Å². The Labute approximate surface area is 96.0 Å². The van der Waals surface area contributed by atoms with Crippen molar-refractivity contribution in [3.63, 3.8) is 0 Å². The van der Waals surface area contributed by atoms with Crippen LogP contribution in [0.15, 0.2) is 30.3 Å². The van der Waals surface area contributed by atoms with E-state index < -0.39 is 0 Å². The fourth-order valence-electron chi connectivity index (χ4n) is 2.04. The van der Waals surface area contributed by atoms with Crippen molar-refractivity contribution in [2.45, 2.75) is 0 Å². The summed E-state index contributed by atoms with van der Waals surface area (Å²) in [7, 11) is 0. The van der Waals surface area contributed by atoms with Gasteiger partial charge < -0.3 is 15.3 Å². The lowest BCUT2D eigenvalue weighted by Gasteiger charge is -2.36. The average molecular weight is 226 g/mol. The Morgan fingerprint density at radius 2 is 1.19 bits per heavy atom. The second-order valence-electron chi connectivity index (χ2n) is 3.82. The molecule has 1 aromatic rings. The second-order valence-corrected chi connectivity index (χ2v) is 3.82. The molecule has 16 heavy (non-hydrogen) atoms. The van der Waals surface area contributed by atoms with E-state index in [0.29, 0.717) is 24.1 Å². The van der Waals surface area contributed by atoms with Crippen LogP contribution in [0.2, 0.25) is 0 Å². The van der Waals surface area contributed by atoms with Crippen LogP contribution < -0.4 is 4.48 Å². The Balaban J connectivity index is 2.99. The van der Waals surface area contributed by atoms with Crippen molar-refractivity contribution in [3.8, 4) is 0 Å². The molecule has 0 unspecified atom stereocenters. The zero-order chi connectivity index (χ0) is 11.9. The molecule has 90 valence electrons. The molecule has 0 fully saturated rings. The van der Waals surface area contributed by atoms with Gasteiger partial charge in [-0.1, -0.05) is 18.2 Å². The van der Waals surface area contributed by atoms with Gasteiger partial charge in [0.1, 0.15) is 25.3 Å². The Hall–Kier alpha value is -0.940. The summed E-state index contributed by atoms with van der Waals surface area (Å²) in [5.41, 5.74) is 1.01. The summed E-state index contributed by atoms with van der Waals surface area (Å²) in [6.07, 6.45) is 0. The highest BCUT2D eigenvalue weighted by atomic mass is 16.3. The molecule has 0 radical (unpaired) electrons. The minimum atomic E-state index is 0.0366. The van der Waals surface area contributed by atoms with Gasteiger partial charge in [-0.15, -0.1) is 0 Å². The van der Waals surface area contributed by atoms with Crippen molar-refractivity contribution in [3.05, 3.63) is 30.3 Å². The zero-order valence-electron chi connectivity index (χ0n) is 9.42. The summed E-state index contributed by atoms with van der Waals surface area (Å²) in [6, 6.07) is 9.69. The van der Waals surface area contributed by atoms with Gasteiger partial charge in [0.25, 0.3) is 0 Å². The molecular formula is C12H20NO3+. The maximum Gasteiger partial charge on any atom is 0.133 e. The van der Waals surface area contributed by atoms with Crippen LogP contribution in [0.25, 0.3) is 0 Å². The summed E-state index contributed by atoms with van der Waals surface area (Å²) in [4.78, 5) is 0. The van der Waals surface area contributed by atoms with E-state index in [2.05, 4.69) is 0 Å². The lowest BCUT2D eigenvalue weighted by atomic mass is 10.2. The zero-order valence-corrected chi connectivity index (χ0v) is 9.42. The topological polar surface area (TPSA) is 60.7 Å². The van der Waals surface area contributed by atoms with E-state index in [4.69, 9.17) is 15.3 Å². The molecule has 1 rings (SSSR count). The molecule has 0 aliphatic rings. The molecule has 0 bridgehead atoms. The molecule has 0 amide bonds. The van der Waals surface area contributed by atoms with Gasteiger partial charge in [-0.25, -0.2) is 0 Å². The van der Waals surface area contributed by atoms with Crippen LogP contribution in [0.5, 0.6) is 0 Å². The molecule has 0 saturated heterocycles. The van der Waals surface area contributed by atoms with Gasteiger partial charge in [-0.3, -0.25) is 4.48 Å². The largest absolute Gasteiger partial charge is 0.390 e. The van der Waals surface area contributed by atoms with Crippen LogP contribution in [-0.2, 0) is 0 Å². The Bertz CT molecular complexity index is 273. The molecule has 0 atom stereocenters. The molecule has 4 heteroatoms. The van der Waals surface area contributed by atoms with Crippen molar-refractivity contribution in [2.75, 3.05) is 39.5 Å². The molecule has 3 N–H and O–H groups in total. The van der Waals surface area contributed by atoms with Crippen LogP contribution in [0.4, 0.5) is 5.69 Å². The molecule has 0 heterocycles. The first kappa shape index (κ1) is 13.1. The number of para-hydroxylation sites is 1. The standard InChI is InChI=1S/C12H20NO3/c14-9-6-13(7-10-15,8-11-16)12-4-2-1-3-5-12/h1-5,14-16H,6-11H2/q+1. The van der Waals surface area contributed by atoms with E-state index in [-0.39, 0.29) is 19.8 Å². The van der Waals surface area contributed by atoms with Crippen molar-refractivity contribution in [2.24, 2.45) is 0 Å². The van der Waals surface area contributed by atoms with E-state index in [0.717, 1.165) is 5.69 Å². The fraction of sp³-hybridized carbons (Fsp3) is 0.500. The van der Waals surface area contributed by atoms with Gasteiger partial charge >= 0.3 is 0 Å². The van der Waals surface area contributed by atoms with E-state index in [1.165, 1.54) is 0 Å². The summed E-state index contributed by atoms with van der Waals surface area (Å²) in [5.74, 6) is 0. The number of benzene rings is 1. The summed E-state index contributed by atoms with van der Waals surface area (Å²) >= 11 is 0. The number of aliphatic hydroxyl groups is 3. The normalized spacial score (nSPS) is 11.7. The van der Waals surface area contributed by atoms with Crippen LogP contribution >= 0.6 is 0 Å². The van der Waals surface area contributed by atoms with Gasteiger partial charge in [0.2, 0.25) is 0 Å². The number of aliphatic hydroxyl groups excluding tert-OH is 3. The van der Waals surface area contributed by atoms with Crippen molar-refractivity contribution >= 4 is 5.69 Å². The maximum absolute atomic E-state index is 9.14. The molecule has 0 spiro atoms. The van der Waals surface area contributed by atoms with Crippen LogP contribution in [0, 0.1) is 0 Å². The summed E-state index contributed by atoms with van der Waals surface area (Å²) < 4.78 is 0.421. The first-order valence-corrected chi connectivity index (χ1v) is 5.53. The Morgan fingerprint density at radius 1 is 0.750 bits per heavy atom. The lowest BCUT2D eigenvalue weighted by molar-refractivity contribution is 0.138. The molecule has 0 aromatic heterocycles. The maximum atomic E-state index is 9.14. The SMILES string of the molecule is OCC[N+](CCO)(CCO)c1ccccc1. The molecule has 1 aromatic carbocycles. The fourth-order valence-corrected chi connectivity index (χ4v) is 2.04.